The van der Waals surface area contributed by atoms with E-state index in [1.54, 1.807) is 26.3 Å². The van der Waals surface area contributed by atoms with E-state index < -0.39 is 0 Å². The number of benzene rings is 1. The number of likely N-dealkylation sites (tertiary alicyclic amines) is 1. The van der Waals surface area contributed by atoms with Gasteiger partial charge in [-0.15, -0.1) is 0 Å². The lowest BCUT2D eigenvalue weighted by molar-refractivity contribution is 0.0705. The molecule has 9 nitrogen and oxygen atoms in total. The minimum Gasteiger partial charge on any atom is -0.493 e. The van der Waals surface area contributed by atoms with Crippen LogP contribution in [0.15, 0.2) is 16.9 Å². The average Bonchev–Trinajstić information content (AvgIpc) is 3.45. The van der Waals surface area contributed by atoms with Gasteiger partial charge in [0.25, 0.3) is 5.91 Å². The Kier molecular flexibility index (Phi) is 6.43. The van der Waals surface area contributed by atoms with E-state index in [2.05, 4.69) is 5.10 Å². The first-order valence-electron chi connectivity index (χ1n) is 11.2. The van der Waals surface area contributed by atoms with Crippen molar-refractivity contribution in [3.8, 4) is 17.2 Å². The molecule has 0 unspecified atom stereocenters. The van der Waals surface area contributed by atoms with Gasteiger partial charge in [-0.3, -0.25) is 9.36 Å². The Labute approximate surface area is 187 Å². The van der Waals surface area contributed by atoms with E-state index in [9.17, 15) is 9.59 Å². The second-order valence-corrected chi connectivity index (χ2v) is 8.52. The van der Waals surface area contributed by atoms with E-state index in [4.69, 9.17) is 14.2 Å². The molecule has 1 amide bonds. The number of hydrogen-bond donors (Lipinski definition) is 0. The number of piperidine rings is 1. The highest BCUT2D eigenvalue weighted by Gasteiger charge is 2.33. The molecule has 2 fully saturated rings. The third kappa shape index (κ3) is 3.84. The number of nitrogens with zero attached hydrogens (tertiary/aromatic N) is 4. The fraction of sp³-hybridized carbons (Fsp3) is 0.609. The molecule has 32 heavy (non-hydrogen) atoms. The van der Waals surface area contributed by atoms with Gasteiger partial charge in [0.2, 0.25) is 5.75 Å². The van der Waals surface area contributed by atoms with Crippen molar-refractivity contribution in [2.24, 2.45) is 7.05 Å². The Hall–Kier alpha value is -2.97. The molecule has 0 spiro atoms. The normalized spacial score (nSPS) is 17.6. The molecule has 1 saturated carbocycles. The number of methoxy groups -OCH3 is 3. The molecule has 0 N–H and O–H groups in total. The van der Waals surface area contributed by atoms with Crippen LogP contribution in [0.4, 0.5) is 0 Å². The van der Waals surface area contributed by atoms with E-state index >= 15 is 0 Å². The van der Waals surface area contributed by atoms with Crippen molar-refractivity contribution in [3.63, 3.8) is 0 Å². The van der Waals surface area contributed by atoms with Gasteiger partial charge in [0.1, 0.15) is 5.82 Å². The molecule has 174 valence electrons. The standard InChI is InChI=1S/C23H32N4O5/c1-25-23(29)27(16-7-5-6-8-16)21(24-25)15-11-13-26(14-12-15)22(28)17-9-10-18(30-2)20(32-4)19(17)31-3/h9-10,15-16H,5-8,11-14H2,1-4H3. The van der Waals surface area contributed by atoms with Gasteiger partial charge in [0, 0.05) is 32.1 Å². The van der Waals surface area contributed by atoms with E-state index in [0.29, 0.717) is 35.9 Å². The predicted octanol–water partition coefficient (Wildman–Crippen LogP) is 2.74. The summed E-state index contributed by atoms with van der Waals surface area (Å²) in [6.07, 6.45) is 5.93. The second-order valence-electron chi connectivity index (χ2n) is 8.52. The molecule has 2 aromatic rings. The van der Waals surface area contributed by atoms with Crippen LogP contribution in [0.5, 0.6) is 17.2 Å². The van der Waals surface area contributed by atoms with E-state index in [-0.39, 0.29) is 23.6 Å². The van der Waals surface area contributed by atoms with Gasteiger partial charge in [0.15, 0.2) is 11.5 Å². The molecule has 0 radical (unpaired) electrons. The molecular formula is C23H32N4O5. The summed E-state index contributed by atoms with van der Waals surface area (Å²) in [5.74, 6) is 2.24. The molecule has 4 rings (SSSR count). The summed E-state index contributed by atoms with van der Waals surface area (Å²) in [4.78, 5) is 27.9. The zero-order valence-corrected chi connectivity index (χ0v) is 19.3. The summed E-state index contributed by atoms with van der Waals surface area (Å²) in [5, 5.41) is 4.59. The lowest BCUT2D eigenvalue weighted by Crippen LogP contribution is -2.39. The van der Waals surface area contributed by atoms with Crippen LogP contribution < -0.4 is 19.9 Å². The Morgan fingerprint density at radius 1 is 0.969 bits per heavy atom. The van der Waals surface area contributed by atoms with Crippen molar-refractivity contribution in [1.29, 1.82) is 0 Å². The van der Waals surface area contributed by atoms with Crippen LogP contribution in [0.25, 0.3) is 0 Å². The Balaban J connectivity index is 1.52. The molecule has 1 aromatic heterocycles. The zero-order valence-electron chi connectivity index (χ0n) is 19.3. The first kappa shape index (κ1) is 22.2. The van der Waals surface area contributed by atoms with E-state index in [1.807, 2.05) is 9.47 Å². The Bertz CT molecular complexity index is 1030. The third-order valence-electron chi connectivity index (χ3n) is 6.75. The molecular weight excluding hydrogens is 412 g/mol. The van der Waals surface area contributed by atoms with Gasteiger partial charge in [-0.25, -0.2) is 9.48 Å². The van der Waals surface area contributed by atoms with E-state index in [1.165, 1.54) is 18.9 Å². The van der Waals surface area contributed by atoms with Crippen molar-refractivity contribution in [2.75, 3.05) is 34.4 Å². The van der Waals surface area contributed by atoms with Gasteiger partial charge < -0.3 is 19.1 Å². The highest BCUT2D eigenvalue weighted by atomic mass is 16.5. The summed E-state index contributed by atoms with van der Waals surface area (Å²) >= 11 is 0. The molecule has 0 atom stereocenters. The lowest BCUT2D eigenvalue weighted by Gasteiger charge is -2.32. The number of ether oxygens (including phenoxy) is 3. The van der Waals surface area contributed by atoms with E-state index in [0.717, 1.165) is 44.3 Å². The molecule has 1 aromatic carbocycles. The number of aromatic nitrogens is 3. The summed E-state index contributed by atoms with van der Waals surface area (Å²) in [6.45, 7) is 1.19. The van der Waals surface area contributed by atoms with Crippen molar-refractivity contribution in [3.05, 3.63) is 34.0 Å². The Morgan fingerprint density at radius 2 is 1.62 bits per heavy atom. The smallest absolute Gasteiger partial charge is 0.345 e. The van der Waals surface area contributed by atoms with Crippen LogP contribution in [-0.2, 0) is 7.05 Å². The maximum absolute atomic E-state index is 13.3. The highest BCUT2D eigenvalue weighted by molar-refractivity contribution is 5.98. The third-order valence-corrected chi connectivity index (χ3v) is 6.75. The average molecular weight is 445 g/mol. The molecule has 2 aliphatic rings. The largest absolute Gasteiger partial charge is 0.493 e. The van der Waals surface area contributed by atoms with Crippen LogP contribution in [0.2, 0.25) is 0 Å². The number of aryl methyl sites for hydroxylation is 1. The Morgan fingerprint density at radius 3 is 2.22 bits per heavy atom. The number of carbonyl (C=O) groups excluding carboxylic acids is 1. The summed E-state index contributed by atoms with van der Waals surface area (Å²) in [6, 6.07) is 3.68. The number of rotatable bonds is 6. The first-order valence-corrected chi connectivity index (χ1v) is 11.2. The fourth-order valence-corrected chi connectivity index (χ4v) is 5.06. The van der Waals surface area contributed by atoms with Crippen LogP contribution >= 0.6 is 0 Å². The second kappa shape index (κ2) is 9.26. The van der Waals surface area contributed by atoms with Gasteiger partial charge in [-0.05, 0) is 37.8 Å². The lowest BCUT2D eigenvalue weighted by atomic mass is 9.95. The van der Waals surface area contributed by atoms with Gasteiger partial charge >= 0.3 is 5.69 Å². The highest BCUT2D eigenvalue weighted by Crippen LogP contribution is 2.41. The number of hydrogen-bond acceptors (Lipinski definition) is 6. The summed E-state index contributed by atoms with van der Waals surface area (Å²) in [5.41, 5.74) is 0.421. The first-order chi connectivity index (χ1) is 15.5. The minimum absolute atomic E-state index is 0.0273. The van der Waals surface area contributed by atoms with Crippen molar-refractivity contribution in [2.45, 2.75) is 50.5 Å². The number of amides is 1. The van der Waals surface area contributed by atoms with Crippen molar-refractivity contribution >= 4 is 5.91 Å². The SMILES string of the molecule is COc1ccc(C(=O)N2CCC(c3nn(C)c(=O)n3C3CCCC3)CC2)c(OC)c1OC. The van der Waals surface area contributed by atoms with Crippen LogP contribution in [0, 0.1) is 0 Å². The predicted molar refractivity (Wildman–Crippen MR) is 119 cm³/mol. The van der Waals surface area contributed by atoms with Crippen LogP contribution in [0.3, 0.4) is 0 Å². The number of carbonyl (C=O) groups is 1. The summed E-state index contributed by atoms with van der Waals surface area (Å²) < 4.78 is 19.6. The van der Waals surface area contributed by atoms with Crippen LogP contribution in [0.1, 0.15) is 66.7 Å². The maximum atomic E-state index is 13.3. The van der Waals surface area contributed by atoms with Gasteiger partial charge in [-0.1, -0.05) is 12.8 Å². The van der Waals surface area contributed by atoms with Crippen LogP contribution in [-0.4, -0.2) is 59.6 Å². The van der Waals surface area contributed by atoms with Crippen molar-refractivity contribution in [1.82, 2.24) is 19.2 Å². The van der Waals surface area contributed by atoms with Gasteiger partial charge in [0.05, 0.1) is 26.9 Å². The fourth-order valence-electron chi connectivity index (χ4n) is 5.06. The molecule has 0 bridgehead atoms. The minimum atomic E-state index is -0.101. The molecule has 2 heterocycles. The quantitative estimate of drug-likeness (QED) is 0.681. The monoisotopic (exact) mass is 444 g/mol. The molecule has 1 aliphatic heterocycles. The maximum Gasteiger partial charge on any atom is 0.345 e. The topological polar surface area (TPSA) is 87.8 Å². The molecule has 1 saturated heterocycles. The van der Waals surface area contributed by atoms with Gasteiger partial charge in [-0.2, -0.15) is 5.10 Å². The molecule has 9 heteroatoms. The molecule has 1 aliphatic carbocycles. The van der Waals surface area contributed by atoms with Crippen molar-refractivity contribution < 1.29 is 19.0 Å². The zero-order chi connectivity index (χ0) is 22.8. The summed E-state index contributed by atoms with van der Waals surface area (Å²) in [7, 11) is 6.31.